The number of aromatic carboxylic acids is 1. The average molecular weight is 246 g/mol. The van der Waals surface area contributed by atoms with Crippen LogP contribution < -0.4 is 10.6 Å². The van der Waals surface area contributed by atoms with Gasteiger partial charge >= 0.3 is 5.97 Å². The molecule has 1 aromatic rings. The number of rotatable bonds is 1. The molecule has 0 unspecified atom stereocenters. The van der Waals surface area contributed by atoms with Crippen molar-refractivity contribution in [2.24, 2.45) is 5.41 Å². The summed E-state index contributed by atoms with van der Waals surface area (Å²) in [4.78, 5) is 11.2. The Kier molecular flexibility index (Phi) is 2.65. The molecule has 96 valence electrons. The summed E-state index contributed by atoms with van der Waals surface area (Å²) >= 11 is 0. The summed E-state index contributed by atoms with van der Waals surface area (Å²) in [5.74, 6) is -0.872. The van der Waals surface area contributed by atoms with E-state index in [0.717, 1.165) is 24.5 Å². The predicted octanol–water partition coefficient (Wildman–Crippen LogP) is 2.78. The number of nitrogens with one attached hydrogen (secondary N) is 2. The van der Waals surface area contributed by atoms with Crippen LogP contribution in [0.15, 0.2) is 18.2 Å². The van der Waals surface area contributed by atoms with Crippen molar-refractivity contribution >= 4 is 17.3 Å². The molecule has 4 heteroatoms. The highest BCUT2D eigenvalue weighted by molar-refractivity contribution is 5.98. The van der Waals surface area contributed by atoms with Crippen molar-refractivity contribution in [1.29, 1.82) is 0 Å². The molecule has 0 amide bonds. The molecule has 0 atom stereocenters. The lowest BCUT2D eigenvalue weighted by atomic mass is 9.86. The third-order valence-electron chi connectivity index (χ3n) is 4.25. The summed E-state index contributed by atoms with van der Waals surface area (Å²) in [5, 5.41) is 16.0. The van der Waals surface area contributed by atoms with Gasteiger partial charge in [-0.05, 0) is 25.0 Å². The molecule has 0 aromatic heterocycles. The summed E-state index contributed by atoms with van der Waals surface area (Å²) < 4.78 is 0. The van der Waals surface area contributed by atoms with Gasteiger partial charge in [-0.25, -0.2) is 4.79 Å². The molecule has 3 rings (SSSR count). The van der Waals surface area contributed by atoms with Crippen molar-refractivity contribution in [1.82, 2.24) is 0 Å². The lowest BCUT2D eigenvalue weighted by Gasteiger charge is -2.27. The molecule has 1 fully saturated rings. The van der Waals surface area contributed by atoms with Crippen LogP contribution >= 0.6 is 0 Å². The van der Waals surface area contributed by atoms with Gasteiger partial charge < -0.3 is 15.7 Å². The van der Waals surface area contributed by atoms with E-state index < -0.39 is 5.97 Å². The zero-order valence-corrected chi connectivity index (χ0v) is 10.3. The summed E-state index contributed by atoms with van der Waals surface area (Å²) in [6, 6.07) is 5.40. The van der Waals surface area contributed by atoms with Crippen LogP contribution in [0, 0.1) is 5.41 Å². The number of carboxylic acid groups (broad SMARTS) is 1. The maximum Gasteiger partial charge on any atom is 0.337 e. The SMILES string of the molecule is O=C(O)c1cccc2c1NCC1(CCCC1)CN2. The average Bonchev–Trinajstić information content (AvgIpc) is 2.74. The molecule has 0 saturated heterocycles. The zero-order valence-electron chi connectivity index (χ0n) is 10.3. The zero-order chi connectivity index (χ0) is 12.6. The van der Waals surface area contributed by atoms with E-state index in [4.69, 9.17) is 0 Å². The van der Waals surface area contributed by atoms with Gasteiger partial charge in [-0.1, -0.05) is 18.9 Å². The number of para-hydroxylation sites is 1. The predicted molar refractivity (Wildman–Crippen MR) is 71.3 cm³/mol. The van der Waals surface area contributed by atoms with E-state index in [-0.39, 0.29) is 0 Å². The quantitative estimate of drug-likeness (QED) is 0.713. The molecule has 2 aliphatic rings. The van der Waals surface area contributed by atoms with Crippen LogP contribution in [0.5, 0.6) is 0 Å². The van der Waals surface area contributed by atoms with Crippen LogP contribution in [0.4, 0.5) is 11.4 Å². The Morgan fingerprint density at radius 2 is 1.89 bits per heavy atom. The summed E-state index contributed by atoms with van der Waals surface area (Å²) in [5.41, 5.74) is 2.32. The Morgan fingerprint density at radius 3 is 2.61 bits per heavy atom. The van der Waals surface area contributed by atoms with E-state index in [0.29, 0.717) is 11.0 Å². The van der Waals surface area contributed by atoms with Gasteiger partial charge in [0.05, 0.1) is 16.9 Å². The van der Waals surface area contributed by atoms with Crippen molar-refractivity contribution in [3.05, 3.63) is 23.8 Å². The second-order valence-corrected chi connectivity index (χ2v) is 5.45. The number of benzene rings is 1. The van der Waals surface area contributed by atoms with Crippen LogP contribution in [-0.2, 0) is 0 Å². The van der Waals surface area contributed by atoms with Gasteiger partial charge in [-0.2, -0.15) is 0 Å². The van der Waals surface area contributed by atoms with E-state index in [1.165, 1.54) is 25.7 Å². The molecule has 0 bridgehead atoms. The molecule has 1 aliphatic carbocycles. The van der Waals surface area contributed by atoms with Crippen LogP contribution in [0.1, 0.15) is 36.0 Å². The Balaban J connectivity index is 1.93. The highest BCUT2D eigenvalue weighted by Crippen LogP contribution is 2.41. The van der Waals surface area contributed by atoms with E-state index in [1.54, 1.807) is 12.1 Å². The Hall–Kier alpha value is -1.71. The lowest BCUT2D eigenvalue weighted by molar-refractivity contribution is 0.0698. The van der Waals surface area contributed by atoms with Gasteiger partial charge in [-0.15, -0.1) is 0 Å². The van der Waals surface area contributed by atoms with E-state index in [9.17, 15) is 9.90 Å². The van der Waals surface area contributed by atoms with Crippen LogP contribution in [0.3, 0.4) is 0 Å². The smallest absolute Gasteiger partial charge is 0.337 e. The van der Waals surface area contributed by atoms with Crippen molar-refractivity contribution in [3.63, 3.8) is 0 Å². The molecule has 1 aromatic carbocycles. The first-order valence-electron chi connectivity index (χ1n) is 6.54. The molecule has 1 spiro atoms. The van der Waals surface area contributed by atoms with Crippen molar-refractivity contribution < 1.29 is 9.90 Å². The van der Waals surface area contributed by atoms with Gasteiger partial charge in [-0.3, -0.25) is 0 Å². The first kappa shape index (κ1) is 11.4. The Labute approximate surface area is 106 Å². The first-order chi connectivity index (χ1) is 8.70. The second-order valence-electron chi connectivity index (χ2n) is 5.45. The van der Waals surface area contributed by atoms with Gasteiger partial charge in [0.15, 0.2) is 0 Å². The van der Waals surface area contributed by atoms with Crippen LogP contribution in [-0.4, -0.2) is 24.2 Å². The standard InChI is InChI=1S/C14H18N2O2/c17-13(18)10-4-3-5-11-12(10)16-9-14(8-15-11)6-1-2-7-14/h3-5,15-16H,1-2,6-9H2,(H,17,18). The molecule has 1 aliphatic heterocycles. The number of hydrogen-bond donors (Lipinski definition) is 3. The first-order valence-corrected chi connectivity index (χ1v) is 6.54. The fourth-order valence-electron chi connectivity index (χ4n) is 3.17. The summed E-state index contributed by atoms with van der Waals surface area (Å²) in [6.45, 7) is 1.81. The molecule has 4 nitrogen and oxygen atoms in total. The van der Waals surface area contributed by atoms with E-state index in [1.807, 2.05) is 6.07 Å². The largest absolute Gasteiger partial charge is 0.478 e. The van der Waals surface area contributed by atoms with Gasteiger partial charge in [0.1, 0.15) is 0 Å². The lowest BCUT2D eigenvalue weighted by Crippen LogP contribution is -2.31. The number of hydrogen-bond acceptors (Lipinski definition) is 3. The summed E-state index contributed by atoms with van der Waals surface area (Å²) in [6.07, 6.45) is 5.02. The molecule has 3 N–H and O–H groups in total. The third-order valence-corrected chi connectivity index (χ3v) is 4.25. The fraction of sp³-hybridized carbons (Fsp3) is 0.500. The molecule has 18 heavy (non-hydrogen) atoms. The maximum absolute atomic E-state index is 11.2. The third kappa shape index (κ3) is 1.82. The van der Waals surface area contributed by atoms with Crippen molar-refractivity contribution in [3.8, 4) is 0 Å². The molecule has 0 radical (unpaired) electrons. The van der Waals surface area contributed by atoms with E-state index in [2.05, 4.69) is 10.6 Å². The second kappa shape index (κ2) is 4.19. The van der Waals surface area contributed by atoms with Crippen molar-refractivity contribution in [2.45, 2.75) is 25.7 Å². The fourth-order valence-corrected chi connectivity index (χ4v) is 3.17. The highest BCUT2D eigenvalue weighted by atomic mass is 16.4. The topological polar surface area (TPSA) is 61.4 Å². The molecular formula is C14H18N2O2. The normalized spacial score (nSPS) is 20.7. The van der Waals surface area contributed by atoms with E-state index >= 15 is 0 Å². The van der Waals surface area contributed by atoms with Crippen molar-refractivity contribution in [2.75, 3.05) is 23.7 Å². The number of carboxylic acids is 1. The van der Waals surface area contributed by atoms with Crippen LogP contribution in [0.2, 0.25) is 0 Å². The molecule has 1 saturated carbocycles. The van der Waals surface area contributed by atoms with Gasteiger partial charge in [0.25, 0.3) is 0 Å². The maximum atomic E-state index is 11.2. The molecular weight excluding hydrogens is 228 g/mol. The number of carbonyl (C=O) groups is 1. The van der Waals surface area contributed by atoms with Gasteiger partial charge in [0, 0.05) is 18.5 Å². The number of fused-ring (bicyclic) bond motifs is 1. The minimum absolute atomic E-state index is 0.300. The Bertz CT molecular complexity index is 479. The minimum atomic E-state index is -0.872. The number of anilines is 2. The Morgan fingerprint density at radius 1 is 1.17 bits per heavy atom. The van der Waals surface area contributed by atoms with Crippen LogP contribution in [0.25, 0.3) is 0 Å². The van der Waals surface area contributed by atoms with Gasteiger partial charge in [0.2, 0.25) is 0 Å². The summed E-state index contributed by atoms with van der Waals surface area (Å²) in [7, 11) is 0. The monoisotopic (exact) mass is 246 g/mol. The minimum Gasteiger partial charge on any atom is -0.478 e. The molecule has 1 heterocycles. The highest BCUT2D eigenvalue weighted by Gasteiger charge is 2.35.